The lowest BCUT2D eigenvalue weighted by Gasteiger charge is -2.12. The van der Waals surface area contributed by atoms with Gasteiger partial charge in [-0.2, -0.15) is 0 Å². The van der Waals surface area contributed by atoms with Crippen LogP contribution in [0.3, 0.4) is 0 Å². The highest BCUT2D eigenvalue weighted by Gasteiger charge is 2.12. The van der Waals surface area contributed by atoms with E-state index in [0.29, 0.717) is 6.04 Å². The lowest BCUT2D eigenvalue weighted by molar-refractivity contribution is 0.557. The first-order chi connectivity index (χ1) is 7.74. The fourth-order valence-corrected chi connectivity index (χ4v) is 1.88. The third-order valence-electron chi connectivity index (χ3n) is 2.57. The molecule has 0 aliphatic rings. The van der Waals surface area contributed by atoms with Gasteiger partial charge in [-0.15, -0.1) is 0 Å². The maximum atomic E-state index is 4.61. The van der Waals surface area contributed by atoms with Crippen LogP contribution < -0.4 is 5.32 Å². The molecule has 0 unspecified atom stereocenters. The first-order valence-electron chi connectivity index (χ1n) is 5.76. The van der Waals surface area contributed by atoms with Crippen molar-refractivity contribution >= 4 is 11.2 Å². The molecule has 1 N–H and O–H groups in total. The molecule has 2 heterocycles. The number of aromatic nitrogens is 3. The Bertz CT molecular complexity index is 473. The molecule has 4 heteroatoms. The van der Waals surface area contributed by atoms with Gasteiger partial charge in [-0.25, -0.2) is 9.97 Å². The topological polar surface area (TPSA) is 42.7 Å². The minimum atomic E-state index is 0.383. The summed E-state index contributed by atoms with van der Waals surface area (Å²) in [4.78, 5) is 9.01. The number of nitrogens with one attached hydrogen (secondary N) is 1. The standard InChI is InChI=1S/C12H18N4/c1-4-13-8-11-15-10-6-5-7-14-12(10)16(11)9(2)3/h5-7,9,13H,4,8H2,1-3H3. The molecule has 2 rings (SSSR count). The Morgan fingerprint density at radius 3 is 2.94 bits per heavy atom. The zero-order chi connectivity index (χ0) is 11.5. The lowest BCUT2D eigenvalue weighted by atomic mass is 10.3. The highest BCUT2D eigenvalue weighted by molar-refractivity contribution is 5.71. The SMILES string of the molecule is CCNCc1nc2cccnc2n1C(C)C. The molecule has 0 saturated heterocycles. The van der Waals surface area contributed by atoms with Crippen LogP contribution in [0.5, 0.6) is 0 Å². The van der Waals surface area contributed by atoms with Crippen LogP contribution in [0.25, 0.3) is 11.2 Å². The molecule has 4 nitrogen and oxygen atoms in total. The average molecular weight is 218 g/mol. The number of rotatable bonds is 4. The van der Waals surface area contributed by atoms with Gasteiger partial charge >= 0.3 is 0 Å². The molecule has 0 bridgehead atoms. The number of nitrogens with zero attached hydrogens (tertiary/aromatic N) is 3. The molecule has 2 aromatic heterocycles. The van der Waals surface area contributed by atoms with Crippen molar-refractivity contribution in [1.29, 1.82) is 0 Å². The number of hydrogen-bond donors (Lipinski definition) is 1. The molecule has 16 heavy (non-hydrogen) atoms. The number of pyridine rings is 1. The van der Waals surface area contributed by atoms with Crippen molar-refractivity contribution in [3.8, 4) is 0 Å². The van der Waals surface area contributed by atoms with Crippen LogP contribution in [0.1, 0.15) is 32.6 Å². The van der Waals surface area contributed by atoms with Gasteiger partial charge in [-0.3, -0.25) is 0 Å². The van der Waals surface area contributed by atoms with E-state index in [9.17, 15) is 0 Å². The van der Waals surface area contributed by atoms with Crippen molar-refractivity contribution in [2.45, 2.75) is 33.4 Å². The van der Waals surface area contributed by atoms with Crippen LogP contribution in [0, 0.1) is 0 Å². The van der Waals surface area contributed by atoms with Crippen LogP contribution in [0.2, 0.25) is 0 Å². The molecule has 0 spiro atoms. The summed E-state index contributed by atoms with van der Waals surface area (Å²) < 4.78 is 2.19. The van der Waals surface area contributed by atoms with Crippen LogP contribution in [0.4, 0.5) is 0 Å². The number of imidazole rings is 1. The molecular formula is C12H18N4. The van der Waals surface area contributed by atoms with E-state index in [2.05, 4.69) is 40.6 Å². The van der Waals surface area contributed by atoms with Crippen molar-refractivity contribution in [1.82, 2.24) is 19.9 Å². The van der Waals surface area contributed by atoms with Gasteiger partial charge in [0, 0.05) is 12.2 Å². The largest absolute Gasteiger partial charge is 0.310 e. The Morgan fingerprint density at radius 2 is 2.25 bits per heavy atom. The van der Waals surface area contributed by atoms with Gasteiger partial charge in [0.15, 0.2) is 5.65 Å². The van der Waals surface area contributed by atoms with E-state index in [0.717, 1.165) is 30.1 Å². The molecule has 0 amide bonds. The van der Waals surface area contributed by atoms with Crippen molar-refractivity contribution in [2.24, 2.45) is 0 Å². The molecule has 0 fully saturated rings. The first-order valence-corrected chi connectivity index (χ1v) is 5.76. The average Bonchev–Trinajstić information content (AvgIpc) is 2.64. The van der Waals surface area contributed by atoms with E-state index in [1.807, 2.05) is 18.3 Å². The molecule has 0 aliphatic heterocycles. The predicted octanol–water partition coefficient (Wildman–Crippen LogP) is 2.12. The fraction of sp³-hybridized carbons (Fsp3) is 0.500. The van der Waals surface area contributed by atoms with E-state index in [4.69, 9.17) is 0 Å². The summed E-state index contributed by atoms with van der Waals surface area (Å²) in [6, 6.07) is 4.32. The third-order valence-corrected chi connectivity index (χ3v) is 2.57. The fourth-order valence-electron chi connectivity index (χ4n) is 1.88. The molecular weight excluding hydrogens is 200 g/mol. The molecule has 0 saturated carbocycles. The van der Waals surface area contributed by atoms with Crippen molar-refractivity contribution < 1.29 is 0 Å². The Hall–Kier alpha value is -1.42. The van der Waals surface area contributed by atoms with E-state index >= 15 is 0 Å². The van der Waals surface area contributed by atoms with Crippen molar-refractivity contribution in [3.63, 3.8) is 0 Å². The minimum Gasteiger partial charge on any atom is -0.310 e. The zero-order valence-electron chi connectivity index (χ0n) is 10.1. The summed E-state index contributed by atoms with van der Waals surface area (Å²) in [5, 5.41) is 3.31. The van der Waals surface area contributed by atoms with Gasteiger partial charge in [0.25, 0.3) is 0 Å². The van der Waals surface area contributed by atoms with E-state index < -0.39 is 0 Å². The second kappa shape index (κ2) is 4.61. The van der Waals surface area contributed by atoms with Gasteiger partial charge in [-0.05, 0) is 32.5 Å². The maximum Gasteiger partial charge on any atom is 0.160 e. The lowest BCUT2D eigenvalue weighted by Crippen LogP contribution is -2.17. The van der Waals surface area contributed by atoms with Crippen LogP contribution in [-0.4, -0.2) is 21.1 Å². The molecule has 0 atom stereocenters. The first kappa shape index (κ1) is 11.1. The molecule has 0 aromatic carbocycles. The van der Waals surface area contributed by atoms with Gasteiger partial charge < -0.3 is 9.88 Å². The second-order valence-electron chi connectivity index (χ2n) is 4.12. The summed E-state index contributed by atoms with van der Waals surface area (Å²) in [5.74, 6) is 1.06. The van der Waals surface area contributed by atoms with Gasteiger partial charge in [0.2, 0.25) is 0 Å². The molecule has 2 aromatic rings. The Labute approximate surface area is 95.7 Å². The van der Waals surface area contributed by atoms with Crippen LogP contribution in [0.15, 0.2) is 18.3 Å². The van der Waals surface area contributed by atoms with Crippen molar-refractivity contribution in [3.05, 3.63) is 24.2 Å². The monoisotopic (exact) mass is 218 g/mol. The predicted molar refractivity (Wildman–Crippen MR) is 65.3 cm³/mol. The Morgan fingerprint density at radius 1 is 1.44 bits per heavy atom. The minimum absolute atomic E-state index is 0.383. The van der Waals surface area contributed by atoms with Crippen LogP contribution >= 0.6 is 0 Å². The quantitative estimate of drug-likeness (QED) is 0.854. The van der Waals surface area contributed by atoms with Gasteiger partial charge in [-0.1, -0.05) is 6.92 Å². The van der Waals surface area contributed by atoms with Crippen LogP contribution in [-0.2, 0) is 6.54 Å². The van der Waals surface area contributed by atoms with Gasteiger partial charge in [0.1, 0.15) is 11.3 Å². The molecule has 0 radical (unpaired) electrons. The van der Waals surface area contributed by atoms with Crippen molar-refractivity contribution in [2.75, 3.05) is 6.54 Å². The molecule has 0 aliphatic carbocycles. The van der Waals surface area contributed by atoms with E-state index in [-0.39, 0.29) is 0 Å². The van der Waals surface area contributed by atoms with Gasteiger partial charge in [0.05, 0.1) is 6.54 Å². The Kier molecular flexibility index (Phi) is 3.19. The highest BCUT2D eigenvalue weighted by atomic mass is 15.2. The third kappa shape index (κ3) is 1.93. The Balaban J connectivity index is 2.50. The summed E-state index contributed by atoms with van der Waals surface area (Å²) in [7, 11) is 0. The maximum absolute atomic E-state index is 4.61. The van der Waals surface area contributed by atoms with E-state index in [1.54, 1.807) is 0 Å². The summed E-state index contributed by atoms with van der Waals surface area (Å²) >= 11 is 0. The summed E-state index contributed by atoms with van der Waals surface area (Å²) in [6.07, 6.45) is 1.82. The number of hydrogen-bond acceptors (Lipinski definition) is 3. The highest BCUT2D eigenvalue weighted by Crippen LogP contribution is 2.18. The summed E-state index contributed by atoms with van der Waals surface area (Å²) in [5.41, 5.74) is 1.95. The zero-order valence-corrected chi connectivity index (χ0v) is 10.1. The normalized spacial score (nSPS) is 11.5. The summed E-state index contributed by atoms with van der Waals surface area (Å²) in [6.45, 7) is 8.16. The molecule has 86 valence electrons. The van der Waals surface area contributed by atoms with E-state index in [1.165, 1.54) is 0 Å². The second-order valence-corrected chi connectivity index (χ2v) is 4.12. The number of fused-ring (bicyclic) bond motifs is 1. The smallest absolute Gasteiger partial charge is 0.160 e.